The van der Waals surface area contributed by atoms with Gasteiger partial charge in [-0.3, -0.25) is 9.20 Å². The monoisotopic (exact) mass is 367 g/mol. The maximum absolute atomic E-state index is 14.6. The molecule has 1 unspecified atom stereocenters. The van der Waals surface area contributed by atoms with Crippen LogP contribution in [0.3, 0.4) is 0 Å². The second-order valence-electron chi connectivity index (χ2n) is 6.65. The van der Waals surface area contributed by atoms with E-state index in [1.807, 2.05) is 4.90 Å². The lowest BCUT2D eigenvalue weighted by atomic mass is 10.1. The van der Waals surface area contributed by atoms with Gasteiger partial charge in [-0.05, 0) is 42.9 Å². The number of carbonyl (C=O) groups is 1. The van der Waals surface area contributed by atoms with Crippen LogP contribution in [0.25, 0.3) is 5.52 Å². The molecule has 3 heterocycles. The highest BCUT2D eigenvalue weighted by Crippen LogP contribution is 2.42. The van der Waals surface area contributed by atoms with E-state index in [1.54, 1.807) is 6.07 Å². The smallest absolute Gasteiger partial charge is 0.341 e. The fourth-order valence-corrected chi connectivity index (χ4v) is 3.45. The second-order valence-corrected chi connectivity index (χ2v) is 6.65. The Bertz CT molecular complexity index is 910. The van der Waals surface area contributed by atoms with Crippen molar-refractivity contribution in [1.82, 2.24) is 4.40 Å². The zero-order valence-corrected chi connectivity index (χ0v) is 14.3. The van der Waals surface area contributed by atoms with Crippen molar-refractivity contribution < 1.29 is 14.3 Å². The number of aromatic nitrogens is 1. The van der Waals surface area contributed by atoms with Crippen molar-refractivity contribution in [3.8, 4) is 0 Å². The molecule has 6 nitrogen and oxygen atoms in total. The van der Waals surface area contributed by atoms with Gasteiger partial charge in [-0.1, -0.05) is 0 Å². The summed E-state index contributed by atoms with van der Waals surface area (Å²) in [4.78, 5) is 25.6. The first-order valence-corrected chi connectivity index (χ1v) is 8.08. The fraction of sp³-hybridized carbons (Fsp3) is 0.412. The predicted octanol–water partition coefficient (Wildman–Crippen LogP) is 1.97. The van der Waals surface area contributed by atoms with Crippen LogP contribution >= 0.6 is 12.4 Å². The molecule has 1 aliphatic heterocycles. The van der Waals surface area contributed by atoms with Crippen LogP contribution in [0.5, 0.6) is 0 Å². The third-order valence-electron chi connectivity index (χ3n) is 4.88. The summed E-state index contributed by atoms with van der Waals surface area (Å²) in [6.07, 6.45) is 3.81. The van der Waals surface area contributed by atoms with Crippen LogP contribution in [0.15, 0.2) is 23.1 Å². The van der Waals surface area contributed by atoms with E-state index in [-0.39, 0.29) is 29.9 Å². The molecule has 2 aromatic heterocycles. The van der Waals surface area contributed by atoms with Crippen LogP contribution in [0.2, 0.25) is 0 Å². The summed E-state index contributed by atoms with van der Waals surface area (Å²) < 4.78 is 15.7. The van der Waals surface area contributed by atoms with Crippen molar-refractivity contribution in [1.29, 1.82) is 0 Å². The average Bonchev–Trinajstić information content (AvgIpc) is 3.28. The standard InChI is InChI=1S/C17H18FN3O3.ClH/c18-13-8-21-14(6-15(13)20-4-3-10(19)7-20)11(9-1-2-9)5-12(16(21)22)17(23)24;/h5-6,8-10H,1-4,7,19H2,(H,23,24);1H. The van der Waals surface area contributed by atoms with Gasteiger partial charge in [-0.15, -0.1) is 12.4 Å². The topological polar surface area (TPSA) is 88.0 Å². The molecule has 8 heteroatoms. The van der Waals surface area contributed by atoms with E-state index in [4.69, 9.17) is 5.73 Å². The molecule has 3 N–H and O–H groups in total. The average molecular weight is 368 g/mol. The molecule has 1 atom stereocenters. The molecule has 2 aliphatic rings. The Hall–Kier alpha value is -2.12. The molecule has 0 aromatic carbocycles. The van der Waals surface area contributed by atoms with Gasteiger partial charge in [0.1, 0.15) is 5.56 Å². The minimum absolute atomic E-state index is 0. The summed E-state index contributed by atoms with van der Waals surface area (Å²) in [5.41, 5.74) is 6.70. The van der Waals surface area contributed by atoms with Crippen molar-refractivity contribution in [2.24, 2.45) is 5.73 Å². The lowest BCUT2D eigenvalue weighted by molar-refractivity contribution is 0.0694. The number of carboxylic acid groups (broad SMARTS) is 1. The number of carboxylic acids is 1. The molecule has 1 saturated heterocycles. The van der Waals surface area contributed by atoms with Gasteiger partial charge in [0.05, 0.1) is 17.4 Å². The van der Waals surface area contributed by atoms with Crippen LogP contribution in [-0.4, -0.2) is 34.6 Å². The zero-order valence-electron chi connectivity index (χ0n) is 13.4. The Morgan fingerprint density at radius 1 is 1.28 bits per heavy atom. The van der Waals surface area contributed by atoms with Gasteiger partial charge in [-0.25, -0.2) is 9.18 Å². The molecule has 1 saturated carbocycles. The highest BCUT2D eigenvalue weighted by molar-refractivity contribution is 5.88. The third kappa shape index (κ3) is 2.98. The summed E-state index contributed by atoms with van der Waals surface area (Å²) in [5.74, 6) is -1.59. The first-order valence-electron chi connectivity index (χ1n) is 8.08. The molecule has 0 bridgehead atoms. The number of halogens is 2. The maximum Gasteiger partial charge on any atom is 0.341 e. The molecule has 2 aromatic rings. The van der Waals surface area contributed by atoms with E-state index in [1.165, 1.54) is 6.07 Å². The minimum Gasteiger partial charge on any atom is -0.477 e. The molecule has 0 spiro atoms. The number of pyridine rings is 2. The van der Waals surface area contributed by atoms with Gasteiger partial charge in [0.2, 0.25) is 0 Å². The van der Waals surface area contributed by atoms with Crippen LogP contribution in [-0.2, 0) is 0 Å². The molecular formula is C17H19ClFN3O3. The summed E-state index contributed by atoms with van der Waals surface area (Å²) in [5, 5.41) is 9.25. The van der Waals surface area contributed by atoms with Crippen LogP contribution < -0.4 is 16.2 Å². The Kier molecular flexibility index (Phi) is 4.47. The first kappa shape index (κ1) is 17.7. The minimum atomic E-state index is -1.29. The van der Waals surface area contributed by atoms with Crippen molar-refractivity contribution in [3.63, 3.8) is 0 Å². The number of hydrogen-bond donors (Lipinski definition) is 2. The lowest BCUT2D eigenvalue weighted by Crippen LogP contribution is -2.28. The maximum atomic E-state index is 14.6. The van der Waals surface area contributed by atoms with E-state index in [9.17, 15) is 19.1 Å². The number of aromatic carboxylic acids is 1. The highest BCUT2D eigenvalue weighted by Gasteiger charge is 2.30. The molecule has 1 aliphatic carbocycles. The summed E-state index contributed by atoms with van der Waals surface area (Å²) in [6.45, 7) is 1.24. The number of fused-ring (bicyclic) bond motifs is 1. The first-order chi connectivity index (χ1) is 11.5. The summed E-state index contributed by atoms with van der Waals surface area (Å²) >= 11 is 0. The van der Waals surface area contributed by atoms with Gasteiger partial charge in [0, 0.05) is 19.1 Å². The van der Waals surface area contributed by atoms with Gasteiger partial charge < -0.3 is 15.7 Å². The third-order valence-corrected chi connectivity index (χ3v) is 4.88. The van der Waals surface area contributed by atoms with Crippen molar-refractivity contribution in [2.75, 3.05) is 18.0 Å². The number of anilines is 1. The highest BCUT2D eigenvalue weighted by atomic mass is 35.5. The second kappa shape index (κ2) is 6.31. The number of nitrogens with two attached hydrogens (primary N) is 1. The predicted molar refractivity (Wildman–Crippen MR) is 94.6 cm³/mol. The molecule has 0 amide bonds. The van der Waals surface area contributed by atoms with Crippen LogP contribution in [0.4, 0.5) is 10.1 Å². The van der Waals surface area contributed by atoms with E-state index >= 15 is 0 Å². The van der Waals surface area contributed by atoms with Crippen LogP contribution in [0.1, 0.15) is 41.1 Å². The Balaban J connectivity index is 0.00000182. The van der Waals surface area contributed by atoms with Gasteiger partial charge >= 0.3 is 5.97 Å². The van der Waals surface area contributed by atoms with Crippen molar-refractivity contribution in [3.05, 3.63) is 45.6 Å². The molecule has 0 radical (unpaired) electrons. The van der Waals surface area contributed by atoms with Gasteiger partial charge in [0.15, 0.2) is 5.82 Å². The summed E-state index contributed by atoms with van der Waals surface area (Å²) in [7, 11) is 0. The lowest BCUT2D eigenvalue weighted by Gasteiger charge is -2.20. The molecular weight excluding hydrogens is 349 g/mol. The van der Waals surface area contributed by atoms with Crippen LogP contribution in [0, 0.1) is 5.82 Å². The number of hydrogen-bond acceptors (Lipinski definition) is 4. The largest absolute Gasteiger partial charge is 0.477 e. The van der Waals surface area contributed by atoms with E-state index in [0.29, 0.717) is 24.3 Å². The molecule has 4 rings (SSSR count). The molecule has 134 valence electrons. The fourth-order valence-electron chi connectivity index (χ4n) is 3.45. The normalized spacial score (nSPS) is 19.9. The quantitative estimate of drug-likeness (QED) is 0.866. The van der Waals surface area contributed by atoms with Gasteiger partial charge in [-0.2, -0.15) is 0 Å². The molecule has 25 heavy (non-hydrogen) atoms. The SMILES string of the molecule is Cl.NC1CCN(c2cc3c(C4CC4)cc(C(=O)O)c(=O)n3cc2F)C1. The molecule has 2 fully saturated rings. The van der Waals surface area contributed by atoms with Crippen molar-refractivity contribution in [2.45, 2.75) is 31.2 Å². The van der Waals surface area contributed by atoms with Gasteiger partial charge in [0.25, 0.3) is 5.56 Å². The van der Waals surface area contributed by atoms with E-state index < -0.39 is 17.3 Å². The zero-order chi connectivity index (χ0) is 17.0. The Morgan fingerprint density at radius 3 is 2.56 bits per heavy atom. The Labute approximate surface area is 149 Å². The van der Waals surface area contributed by atoms with E-state index in [2.05, 4.69) is 0 Å². The number of nitrogens with zero attached hydrogens (tertiary/aromatic N) is 2. The van der Waals surface area contributed by atoms with Crippen molar-refractivity contribution >= 4 is 29.6 Å². The van der Waals surface area contributed by atoms with E-state index in [0.717, 1.165) is 35.4 Å². The number of rotatable bonds is 3. The Morgan fingerprint density at radius 2 is 2.00 bits per heavy atom. The summed E-state index contributed by atoms with van der Waals surface area (Å²) in [6, 6.07) is 3.13.